The van der Waals surface area contributed by atoms with E-state index in [1.807, 2.05) is 0 Å². The van der Waals surface area contributed by atoms with Crippen LogP contribution >= 0.6 is 0 Å². The SMILES string of the molecule is O=C(N/N=C/c1cc([N+](=O)[O-])c(O)c([N+](=O)[O-])c1)c1cccc(O)c1. The second kappa shape index (κ2) is 7.04. The molecule has 0 aliphatic heterocycles. The highest BCUT2D eigenvalue weighted by molar-refractivity contribution is 5.95. The van der Waals surface area contributed by atoms with E-state index in [1.165, 1.54) is 24.3 Å². The van der Waals surface area contributed by atoms with Crippen LogP contribution in [-0.2, 0) is 0 Å². The van der Waals surface area contributed by atoms with E-state index in [4.69, 9.17) is 0 Å². The van der Waals surface area contributed by atoms with Gasteiger partial charge in [0.25, 0.3) is 11.7 Å². The number of carbonyl (C=O) groups excluding carboxylic acids is 1. The number of nitrogens with one attached hydrogen (secondary N) is 1. The van der Waals surface area contributed by atoms with Crippen molar-refractivity contribution in [2.45, 2.75) is 0 Å². The molecule has 0 heterocycles. The second-order valence-electron chi connectivity index (χ2n) is 4.67. The van der Waals surface area contributed by atoms with Gasteiger partial charge in [-0.25, -0.2) is 5.43 Å². The van der Waals surface area contributed by atoms with Crippen molar-refractivity contribution < 1.29 is 24.9 Å². The maximum absolute atomic E-state index is 11.8. The summed E-state index contributed by atoms with van der Waals surface area (Å²) >= 11 is 0. The first-order chi connectivity index (χ1) is 11.8. The minimum Gasteiger partial charge on any atom is -0.508 e. The zero-order valence-corrected chi connectivity index (χ0v) is 12.3. The van der Waals surface area contributed by atoms with Crippen LogP contribution in [-0.4, -0.2) is 32.2 Å². The Morgan fingerprint density at radius 1 is 1.08 bits per heavy atom. The minimum atomic E-state index is -1.07. The quantitative estimate of drug-likeness (QED) is 0.420. The molecule has 0 unspecified atom stereocenters. The van der Waals surface area contributed by atoms with Gasteiger partial charge in [-0.3, -0.25) is 25.0 Å². The van der Waals surface area contributed by atoms with E-state index in [0.29, 0.717) is 0 Å². The van der Waals surface area contributed by atoms with E-state index in [0.717, 1.165) is 18.3 Å². The Morgan fingerprint density at radius 2 is 1.68 bits per heavy atom. The normalized spacial score (nSPS) is 10.6. The van der Waals surface area contributed by atoms with Crippen LogP contribution in [0.2, 0.25) is 0 Å². The van der Waals surface area contributed by atoms with Gasteiger partial charge in [0, 0.05) is 23.3 Å². The molecule has 1 amide bonds. The molecule has 2 rings (SSSR count). The molecule has 0 bridgehead atoms. The number of hydrogen-bond donors (Lipinski definition) is 3. The van der Waals surface area contributed by atoms with Gasteiger partial charge in [0.05, 0.1) is 16.1 Å². The molecule has 0 spiro atoms. The molecule has 0 aliphatic rings. The molecule has 0 aliphatic carbocycles. The van der Waals surface area contributed by atoms with Crippen molar-refractivity contribution >= 4 is 23.5 Å². The van der Waals surface area contributed by atoms with E-state index in [2.05, 4.69) is 10.5 Å². The standard InChI is InChI=1S/C14H10N4O7/c19-10-3-1-2-9(6-10)14(21)16-15-7-8-4-11(17(22)23)13(20)12(5-8)18(24)25/h1-7,19-20H,(H,16,21)/b15-7+. The summed E-state index contributed by atoms with van der Waals surface area (Å²) < 4.78 is 0. The van der Waals surface area contributed by atoms with Gasteiger partial charge in [-0.2, -0.15) is 5.10 Å². The number of amides is 1. The molecule has 11 heteroatoms. The number of aromatic hydroxyl groups is 2. The smallest absolute Gasteiger partial charge is 0.318 e. The first-order valence-electron chi connectivity index (χ1n) is 6.58. The maximum atomic E-state index is 11.8. The van der Waals surface area contributed by atoms with E-state index >= 15 is 0 Å². The number of phenols is 2. The number of phenolic OH excluding ortho intramolecular Hbond substituents is 2. The summed E-state index contributed by atoms with van der Waals surface area (Å²) in [5.74, 6) is -1.87. The van der Waals surface area contributed by atoms with E-state index < -0.39 is 32.9 Å². The fourth-order valence-electron chi connectivity index (χ4n) is 1.86. The molecule has 128 valence electrons. The fraction of sp³-hybridized carbons (Fsp3) is 0. The predicted molar refractivity (Wildman–Crippen MR) is 84.6 cm³/mol. The Balaban J connectivity index is 2.24. The average molecular weight is 346 g/mol. The molecular weight excluding hydrogens is 336 g/mol. The number of carbonyl (C=O) groups is 1. The lowest BCUT2D eigenvalue weighted by molar-refractivity contribution is -0.396. The van der Waals surface area contributed by atoms with Crippen LogP contribution in [0.25, 0.3) is 0 Å². The Kier molecular flexibility index (Phi) is 4.88. The topological polar surface area (TPSA) is 168 Å². The van der Waals surface area contributed by atoms with Crippen molar-refractivity contribution in [3.8, 4) is 11.5 Å². The van der Waals surface area contributed by atoms with Crippen LogP contribution in [0.15, 0.2) is 41.5 Å². The molecule has 25 heavy (non-hydrogen) atoms. The number of hydrazone groups is 1. The fourth-order valence-corrected chi connectivity index (χ4v) is 1.86. The van der Waals surface area contributed by atoms with Crippen LogP contribution in [0.3, 0.4) is 0 Å². The number of benzene rings is 2. The first kappa shape index (κ1) is 17.3. The lowest BCUT2D eigenvalue weighted by atomic mass is 10.1. The minimum absolute atomic E-state index is 0.0765. The third-order valence-electron chi connectivity index (χ3n) is 2.97. The highest BCUT2D eigenvalue weighted by Gasteiger charge is 2.25. The molecule has 2 aromatic carbocycles. The summed E-state index contributed by atoms with van der Waals surface area (Å²) in [4.78, 5) is 31.5. The monoisotopic (exact) mass is 346 g/mol. The van der Waals surface area contributed by atoms with Gasteiger partial charge in [-0.05, 0) is 18.2 Å². The van der Waals surface area contributed by atoms with Crippen molar-refractivity contribution in [3.05, 3.63) is 67.8 Å². The van der Waals surface area contributed by atoms with E-state index in [-0.39, 0.29) is 16.9 Å². The first-order valence-corrected chi connectivity index (χ1v) is 6.58. The van der Waals surface area contributed by atoms with Crippen LogP contribution < -0.4 is 5.43 Å². The van der Waals surface area contributed by atoms with Gasteiger partial charge in [0.1, 0.15) is 5.75 Å². The van der Waals surface area contributed by atoms with E-state index in [1.54, 1.807) is 0 Å². The molecule has 11 nitrogen and oxygen atoms in total. The van der Waals surface area contributed by atoms with Crippen molar-refractivity contribution in [3.63, 3.8) is 0 Å². The van der Waals surface area contributed by atoms with E-state index in [9.17, 15) is 35.2 Å². The summed E-state index contributed by atoms with van der Waals surface area (Å²) in [6.45, 7) is 0. The van der Waals surface area contributed by atoms with Gasteiger partial charge < -0.3 is 10.2 Å². The molecule has 2 aromatic rings. The molecule has 0 saturated carbocycles. The third kappa shape index (κ3) is 4.04. The number of rotatable bonds is 5. The van der Waals surface area contributed by atoms with Gasteiger partial charge >= 0.3 is 11.4 Å². The Morgan fingerprint density at radius 3 is 2.20 bits per heavy atom. The lowest BCUT2D eigenvalue weighted by Crippen LogP contribution is -2.17. The number of nitro groups is 2. The number of hydrogen-bond acceptors (Lipinski definition) is 8. The third-order valence-corrected chi connectivity index (χ3v) is 2.97. The van der Waals surface area contributed by atoms with Gasteiger partial charge in [-0.1, -0.05) is 6.07 Å². The van der Waals surface area contributed by atoms with Crippen LogP contribution in [0.1, 0.15) is 15.9 Å². The highest BCUT2D eigenvalue weighted by Crippen LogP contribution is 2.36. The molecule has 0 fully saturated rings. The molecule has 0 saturated heterocycles. The van der Waals surface area contributed by atoms with Gasteiger partial charge in [0.15, 0.2) is 0 Å². The van der Waals surface area contributed by atoms with Crippen molar-refractivity contribution in [1.82, 2.24) is 5.43 Å². The van der Waals surface area contributed by atoms with Crippen LogP contribution in [0.4, 0.5) is 11.4 Å². The molecular formula is C14H10N4O7. The summed E-state index contributed by atoms with van der Waals surface area (Å²) in [6, 6.07) is 7.16. The average Bonchev–Trinajstić information content (AvgIpc) is 2.55. The predicted octanol–water partition coefficient (Wildman–Crippen LogP) is 1.68. The van der Waals surface area contributed by atoms with Crippen LogP contribution in [0.5, 0.6) is 11.5 Å². The number of nitro benzene ring substituents is 2. The lowest BCUT2D eigenvalue weighted by Gasteiger charge is -2.01. The second-order valence-corrected chi connectivity index (χ2v) is 4.67. The molecule has 0 atom stereocenters. The molecule has 3 N–H and O–H groups in total. The highest BCUT2D eigenvalue weighted by atomic mass is 16.6. The largest absolute Gasteiger partial charge is 0.508 e. The summed E-state index contributed by atoms with van der Waals surface area (Å²) in [7, 11) is 0. The van der Waals surface area contributed by atoms with Gasteiger partial charge in [0.2, 0.25) is 0 Å². The number of nitrogens with zero attached hydrogens (tertiary/aromatic N) is 3. The van der Waals surface area contributed by atoms with Crippen molar-refractivity contribution in [2.24, 2.45) is 5.10 Å². The van der Waals surface area contributed by atoms with Crippen molar-refractivity contribution in [1.29, 1.82) is 0 Å². The zero-order chi connectivity index (χ0) is 18.6. The Hall–Kier alpha value is -4.02. The Labute approximate surface area is 139 Å². The summed E-state index contributed by atoms with van der Waals surface area (Å²) in [5.41, 5.74) is 0.407. The zero-order valence-electron chi connectivity index (χ0n) is 12.3. The van der Waals surface area contributed by atoms with Gasteiger partial charge in [-0.15, -0.1) is 0 Å². The van der Waals surface area contributed by atoms with Crippen LogP contribution in [0, 0.1) is 20.2 Å². The molecule has 0 radical (unpaired) electrons. The summed E-state index contributed by atoms with van der Waals surface area (Å²) in [6.07, 6.45) is 0.945. The summed E-state index contributed by atoms with van der Waals surface area (Å²) in [5, 5.41) is 44.0. The maximum Gasteiger partial charge on any atom is 0.318 e. The molecule has 0 aromatic heterocycles. The van der Waals surface area contributed by atoms with Crippen molar-refractivity contribution in [2.75, 3.05) is 0 Å². The Bertz CT molecular complexity index is 859.